The SMILES string of the molecule is O=C1N[C@H]2[C@H](CS[C@H]2CCCCC(=O)OC(=O)CI)N1. The topological polar surface area (TPSA) is 84.5 Å². The van der Waals surface area contributed by atoms with Crippen LogP contribution in [0.5, 0.6) is 0 Å². The summed E-state index contributed by atoms with van der Waals surface area (Å²) in [5, 5.41) is 6.25. The fraction of sp³-hybridized carbons (Fsp3) is 0.750. The standard InChI is InChI=1S/C12H17IN2O4S/c13-5-10(17)19-9(16)4-2-1-3-8-11-7(6-20-8)14-12(18)15-11/h7-8,11H,1-6H2,(H2,14,15,18)/t7-,8-,11-/m0/s1. The van der Waals surface area contributed by atoms with E-state index in [1.807, 2.05) is 34.4 Å². The van der Waals surface area contributed by atoms with Crippen LogP contribution in [0.1, 0.15) is 25.7 Å². The highest BCUT2D eigenvalue weighted by Crippen LogP contribution is 2.33. The summed E-state index contributed by atoms with van der Waals surface area (Å²) >= 11 is 3.72. The molecule has 3 atom stereocenters. The van der Waals surface area contributed by atoms with Gasteiger partial charge in [-0.3, -0.25) is 9.59 Å². The van der Waals surface area contributed by atoms with Gasteiger partial charge in [0, 0.05) is 17.4 Å². The second kappa shape index (κ2) is 7.48. The zero-order chi connectivity index (χ0) is 14.5. The van der Waals surface area contributed by atoms with Crippen molar-refractivity contribution in [1.29, 1.82) is 0 Å². The first-order chi connectivity index (χ1) is 9.60. The number of urea groups is 1. The molecule has 2 fully saturated rings. The predicted octanol–water partition coefficient (Wildman–Crippen LogP) is 1.22. The van der Waals surface area contributed by atoms with Crippen molar-refractivity contribution in [2.75, 3.05) is 10.2 Å². The summed E-state index contributed by atoms with van der Waals surface area (Å²) in [4.78, 5) is 33.5. The first-order valence-electron chi connectivity index (χ1n) is 6.58. The molecule has 2 aliphatic rings. The lowest BCUT2D eigenvalue weighted by molar-refractivity contribution is -0.157. The second-order valence-corrected chi connectivity index (χ2v) is 6.88. The average Bonchev–Trinajstić information content (AvgIpc) is 2.94. The van der Waals surface area contributed by atoms with E-state index in [1.54, 1.807) is 0 Å². The van der Waals surface area contributed by atoms with Crippen LogP contribution >= 0.6 is 34.4 Å². The van der Waals surface area contributed by atoms with E-state index in [4.69, 9.17) is 0 Å². The molecule has 0 aromatic heterocycles. The molecule has 0 aliphatic carbocycles. The number of unbranched alkanes of at least 4 members (excludes halogenated alkanes) is 1. The van der Waals surface area contributed by atoms with Crippen LogP contribution in [0.15, 0.2) is 0 Å². The van der Waals surface area contributed by atoms with Crippen molar-refractivity contribution in [2.24, 2.45) is 0 Å². The lowest BCUT2D eigenvalue weighted by Crippen LogP contribution is -2.36. The molecule has 2 saturated heterocycles. The Balaban J connectivity index is 1.61. The van der Waals surface area contributed by atoms with Crippen molar-refractivity contribution < 1.29 is 19.1 Å². The lowest BCUT2D eigenvalue weighted by atomic mass is 10.0. The molecule has 8 heteroatoms. The molecule has 0 aromatic rings. The molecule has 20 heavy (non-hydrogen) atoms. The van der Waals surface area contributed by atoms with E-state index in [1.165, 1.54) is 0 Å². The van der Waals surface area contributed by atoms with Crippen molar-refractivity contribution in [2.45, 2.75) is 43.0 Å². The van der Waals surface area contributed by atoms with Gasteiger partial charge in [-0.2, -0.15) is 11.8 Å². The normalized spacial score (nSPS) is 27.6. The summed E-state index contributed by atoms with van der Waals surface area (Å²) in [5.74, 6) is 0.0179. The molecule has 0 saturated carbocycles. The van der Waals surface area contributed by atoms with E-state index in [0.717, 1.165) is 18.6 Å². The number of carbonyl (C=O) groups is 3. The zero-order valence-corrected chi connectivity index (χ0v) is 13.9. The van der Waals surface area contributed by atoms with Crippen molar-refractivity contribution in [3.63, 3.8) is 0 Å². The number of esters is 2. The molecule has 2 rings (SSSR count). The highest BCUT2D eigenvalue weighted by Gasteiger charge is 2.42. The number of alkyl halides is 1. The number of fused-ring (bicyclic) bond motifs is 1. The molecule has 2 aliphatic heterocycles. The maximum Gasteiger partial charge on any atom is 0.323 e. The van der Waals surface area contributed by atoms with Crippen LogP contribution in [0.3, 0.4) is 0 Å². The maximum absolute atomic E-state index is 11.3. The van der Waals surface area contributed by atoms with Gasteiger partial charge in [0.05, 0.1) is 16.5 Å². The van der Waals surface area contributed by atoms with E-state index in [-0.39, 0.29) is 29.0 Å². The highest BCUT2D eigenvalue weighted by molar-refractivity contribution is 14.1. The molecule has 2 heterocycles. The Kier molecular flexibility index (Phi) is 5.94. The van der Waals surface area contributed by atoms with Gasteiger partial charge in [0.1, 0.15) is 0 Å². The first kappa shape index (κ1) is 15.9. The van der Waals surface area contributed by atoms with E-state index in [9.17, 15) is 14.4 Å². The van der Waals surface area contributed by atoms with Crippen LogP contribution in [0, 0.1) is 0 Å². The minimum Gasteiger partial charge on any atom is -0.393 e. The van der Waals surface area contributed by atoms with Gasteiger partial charge in [0.15, 0.2) is 0 Å². The van der Waals surface area contributed by atoms with Crippen molar-refractivity contribution >= 4 is 52.3 Å². The quantitative estimate of drug-likeness (QED) is 0.171. The summed E-state index contributed by atoms with van der Waals surface area (Å²) in [5.41, 5.74) is 0. The Bertz CT molecular complexity index is 407. The molecule has 0 bridgehead atoms. The zero-order valence-electron chi connectivity index (χ0n) is 10.9. The summed E-state index contributed by atoms with van der Waals surface area (Å²) < 4.78 is 4.79. The van der Waals surface area contributed by atoms with Gasteiger partial charge >= 0.3 is 18.0 Å². The number of halogens is 1. The highest BCUT2D eigenvalue weighted by atomic mass is 127. The fourth-order valence-corrected chi connectivity index (χ4v) is 4.16. The van der Waals surface area contributed by atoms with Crippen LogP contribution in [0.4, 0.5) is 4.79 Å². The van der Waals surface area contributed by atoms with Crippen molar-refractivity contribution in [3.8, 4) is 0 Å². The molecular formula is C12H17IN2O4S. The van der Waals surface area contributed by atoms with E-state index >= 15 is 0 Å². The first-order valence-corrected chi connectivity index (χ1v) is 9.15. The van der Waals surface area contributed by atoms with Gasteiger partial charge in [-0.15, -0.1) is 0 Å². The summed E-state index contributed by atoms with van der Waals surface area (Å²) in [6.45, 7) is 0. The Morgan fingerprint density at radius 1 is 1.30 bits per heavy atom. The monoisotopic (exact) mass is 412 g/mol. The molecule has 2 amide bonds. The van der Waals surface area contributed by atoms with Gasteiger partial charge in [0.25, 0.3) is 0 Å². The fourth-order valence-electron chi connectivity index (χ4n) is 2.46. The smallest absolute Gasteiger partial charge is 0.323 e. The maximum atomic E-state index is 11.3. The molecule has 2 N–H and O–H groups in total. The van der Waals surface area contributed by atoms with Crippen molar-refractivity contribution in [1.82, 2.24) is 10.6 Å². The van der Waals surface area contributed by atoms with Crippen LogP contribution in [0.2, 0.25) is 0 Å². The molecule has 112 valence electrons. The third-order valence-corrected chi connectivity index (χ3v) is 5.53. The van der Waals surface area contributed by atoms with Crippen LogP contribution in [-0.4, -0.2) is 45.5 Å². The van der Waals surface area contributed by atoms with Gasteiger partial charge in [-0.25, -0.2) is 4.79 Å². The van der Waals surface area contributed by atoms with Crippen LogP contribution in [-0.2, 0) is 14.3 Å². The molecule has 0 spiro atoms. The minimum atomic E-state index is -0.482. The molecule has 0 aromatic carbocycles. The molecule has 6 nitrogen and oxygen atoms in total. The Hall–Kier alpha value is -0.510. The van der Waals surface area contributed by atoms with E-state index in [0.29, 0.717) is 11.7 Å². The van der Waals surface area contributed by atoms with E-state index < -0.39 is 11.9 Å². The third-order valence-electron chi connectivity index (χ3n) is 3.39. The third kappa shape index (κ3) is 4.24. The van der Waals surface area contributed by atoms with Crippen LogP contribution < -0.4 is 10.6 Å². The number of hydrogen-bond acceptors (Lipinski definition) is 5. The van der Waals surface area contributed by atoms with Crippen LogP contribution in [0.25, 0.3) is 0 Å². The number of nitrogens with one attached hydrogen (secondary N) is 2. The van der Waals surface area contributed by atoms with Gasteiger partial charge < -0.3 is 15.4 Å². The van der Waals surface area contributed by atoms with Gasteiger partial charge in [-0.1, -0.05) is 29.0 Å². The number of hydrogen-bond donors (Lipinski definition) is 2. The Morgan fingerprint density at radius 3 is 2.85 bits per heavy atom. The van der Waals surface area contributed by atoms with E-state index in [2.05, 4.69) is 15.4 Å². The number of rotatable bonds is 6. The summed E-state index contributed by atoms with van der Waals surface area (Å²) in [7, 11) is 0. The summed E-state index contributed by atoms with van der Waals surface area (Å²) in [6.07, 6.45) is 2.84. The lowest BCUT2D eigenvalue weighted by Gasteiger charge is -2.16. The molecule has 0 radical (unpaired) electrons. The Labute approximate surface area is 135 Å². The average molecular weight is 412 g/mol. The largest absolute Gasteiger partial charge is 0.393 e. The minimum absolute atomic E-state index is 0.0776. The summed E-state index contributed by atoms with van der Waals surface area (Å²) in [6, 6.07) is 0.370. The number of amides is 2. The van der Waals surface area contributed by atoms with Gasteiger partial charge in [-0.05, 0) is 12.8 Å². The number of ether oxygens (including phenoxy) is 1. The van der Waals surface area contributed by atoms with Gasteiger partial charge in [0.2, 0.25) is 0 Å². The number of carbonyl (C=O) groups excluding carboxylic acids is 3. The second-order valence-electron chi connectivity index (χ2n) is 4.85. The van der Waals surface area contributed by atoms with Crippen molar-refractivity contribution in [3.05, 3.63) is 0 Å². The molecular weight excluding hydrogens is 395 g/mol. The molecule has 0 unspecified atom stereocenters. The predicted molar refractivity (Wildman–Crippen MR) is 83.9 cm³/mol. The number of thioether (sulfide) groups is 1. The Morgan fingerprint density at radius 2 is 2.10 bits per heavy atom.